The second-order valence-electron chi connectivity index (χ2n) is 6.98. The molecule has 0 bridgehead atoms. The van der Waals surface area contributed by atoms with E-state index in [0.717, 1.165) is 18.1 Å². The fourth-order valence-electron chi connectivity index (χ4n) is 4.64. The van der Waals surface area contributed by atoms with Crippen molar-refractivity contribution in [3.05, 3.63) is 58.0 Å². The highest BCUT2D eigenvalue weighted by atomic mass is 16.3. The van der Waals surface area contributed by atoms with E-state index in [1.165, 1.54) is 16.3 Å². The molecule has 0 radical (unpaired) electrons. The third kappa shape index (κ3) is 1.94. The summed E-state index contributed by atoms with van der Waals surface area (Å²) >= 11 is 0. The van der Waals surface area contributed by atoms with Crippen LogP contribution in [0.3, 0.4) is 0 Å². The number of hydrogen-bond donors (Lipinski definition) is 2. The summed E-state index contributed by atoms with van der Waals surface area (Å²) in [5.41, 5.74) is 2.57. The van der Waals surface area contributed by atoms with E-state index in [9.17, 15) is 10.2 Å². The van der Waals surface area contributed by atoms with Gasteiger partial charge in [0.25, 0.3) is 0 Å². The molecular weight excluding hydrogens is 284 g/mol. The third-order valence-electron chi connectivity index (χ3n) is 5.72. The zero-order valence-electron chi connectivity index (χ0n) is 13.6. The van der Waals surface area contributed by atoms with Gasteiger partial charge in [0, 0.05) is 5.41 Å². The fraction of sp³-hybridized carbons (Fsp3) is 0.333. The lowest BCUT2D eigenvalue weighted by atomic mass is 9.70. The summed E-state index contributed by atoms with van der Waals surface area (Å²) in [5.74, 6) is 1.40. The van der Waals surface area contributed by atoms with Gasteiger partial charge in [-0.1, -0.05) is 44.6 Å². The predicted molar refractivity (Wildman–Crippen MR) is 92.9 cm³/mol. The lowest BCUT2D eigenvalue weighted by molar-refractivity contribution is 0.399. The molecule has 0 saturated carbocycles. The van der Waals surface area contributed by atoms with Crippen LogP contribution in [0, 0.1) is 5.41 Å². The summed E-state index contributed by atoms with van der Waals surface area (Å²) in [6, 6.07) is 11.5. The van der Waals surface area contributed by atoms with E-state index in [4.69, 9.17) is 0 Å². The Bertz CT molecular complexity index is 897. The Morgan fingerprint density at radius 2 is 1.61 bits per heavy atom. The minimum atomic E-state index is -0.0533. The summed E-state index contributed by atoms with van der Waals surface area (Å²) in [7, 11) is 0. The van der Waals surface area contributed by atoms with Crippen molar-refractivity contribution in [2.24, 2.45) is 5.41 Å². The Hall–Kier alpha value is -2.22. The van der Waals surface area contributed by atoms with Crippen LogP contribution in [0.4, 0.5) is 0 Å². The highest BCUT2D eigenvalue weighted by Gasteiger charge is 2.48. The van der Waals surface area contributed by atoms with Gasteiger partial charge in [0.2, 0.25) is 0 Å². The molecule has 2 N–H and O–H groups in total. The molecule has 4 rings (SSSR count). The predicted octanol–water partition coefficient (Wildman–Crippen LogP) is 3.36. The summed E-state index contributed by atoms with van der Waals surface area (Å²) in [5, 5.41) is 22.0. The number of hydrogen-bond acceptors (Lipinski definition) is 2. The van der Waals surface area contributed by atoms with Crippen LogP contribution in [0.2, 0.25) is 0 Å². The lowest BCUT2D eigenvalue weighted by Crippen LogP contribution is -2.22. The maximum atomic E-state index is 9.92. The highest BCUT2D eigenvalue weighted by molar-refractivity contribution is 5.67. The minimum Gasteiger partial charge on any atom is -0.508 e. The Morgan fingerprint density at radius 3 is 2.39 bits per heavy atom. The fourth-order valence-corrected chi connectivity index (χ4v) is 4.64. The van der Waals surface area contributed by atoms with E-state index in [1.54, 1.807) is 12.1 Å². The summed E-state index contributed by atoms with van der Waals surface area (Å²) in [6.07, 6.45) is 6.96. The van der Waals surface area contributed by atoms with Crippen molar-refractivity contribution in [2.75, 3.05) is 0 Å². The zero-order valence-corrected chi connectivity index (χ0v) is 13.6. The van der Waals surface area contributed by atoms with Gasteiger partial charge in [0.05, 0.1) is 0 Å². The largest absolute Gasteiger partial charge is 0.508 e. The molecule has 0 saturated heterocycles. The molecule has 2 aromatic rings. The Balaban J connectivity index is 1.95. The first-order chi connectivity index (χ1) is 11.0. The van der Waals surface area contributed by atoms with Crippen LogP contribution in [0.25, 0.3) is 12.2 Å². The van der Waals surface area contributed by atoms with Gasteiger partial charge in [-0.05, 0) is 64.1 Å². The van der Waals surface area contributed by atoms with Crippen molar-refractivity contribution >= 4 is 12.2 Å². The number of phenols is 2. The van der Waals surface area contributed by atoms with Crippen molar-refractivity contribution < 1.29 is 10.2 Å². The van der Waals surface area contributed by atoms with Crippen LogP contribution >= 0.6 is 0 Å². The van der Waals surface area contributed by atoms with Crippen molar-refractivity contribution in [3.63, 3.8) is 0 Å². The minimum absolute atomic E-state index is 0.0533. The van der Waals surface area contributed by atoms with Gasteiger partial charge in [-0.2, -0.15) is 0 Å². The maximum Gasteiger partial charge on any atom is 0.116 e. The molecule has 0 heterocycles. The Kier molecular flexibility index (Phi) is 3.06. The summed E-state index contributed by atoms with van der Waals surface area (Å²) in [4.78, 5) is 0. The second kappa shape index (κ2) is 4.89. The maximum absolute atomic E-state index is 9.92. The molecule has 23 heavy (non-hydrogen) atoms. The van der Waals surface area contributed by atoms with Gasteiger partial charge in [-0.3, -0.25) is 0 Å². The zero-order chi connectivity index (χ0) is 16.2. The van der Waals surface area contributed by atoms with Gasteiger partial charge in [0.15, 0.2) is 0 Å². The average Bonchev–Trinajstić information content (AvgIpc) is 3.00. The summed E-state index contributed by atoms with van der Waals surface area (Å²) in [6.45, 7) is 4.48. The Morgan fingerprint density at radius 1 is 0.913 bits per heavy atom. The van der Waals surface area contributed by atoms with E-state index in [0.29, 0.717) is 23.3 Å². The molecule has 2 aliphatic carbocycles. The second-order valence-corrected chi connectivity index (χ2v) is 6.98. The molecule has 118 valence electrons. The van der Waals surface area contributed by atoms with Crippen molar-refractivity contribution in [2.45, 2.75) is 38.5 Å². The first-order valence-corrected chi connectivity index (χ1v) is 8.43. The lowest BCUT2D eigenvalue weighted by Gasteiger charge is -2.32. The van der Waals surface area contributed by atoms with Crippen molar-refractivity contribution in [3.8, 4) is 11.5 Å². The van der Waals surface area contributed by atoms with Gasteiger partial charge >= 0.3 is 0 Å². The van der Waals surface area contributed by atoms with E-state index >= 15 is 0 Å². The molecule has 2 aliphatic rings. The molecule has 2 aromatic carbocycles. The third-order valence-corrected chi connectivity index (χ3v) is 5.72. The molecule has 3 atom stereocenters. The average molecular weight is 306 g/mol. The Labute approximate surface area is 136 Å². The van der Waals surface area contributed by atoms with Crippen LogP contribution in [0.5, 0.6) is 11.5 Å². The van der Waals surface area contributed by atoms with Gasteiger partial charge in [-0.15, -0.1) is 0 Å². The number of benzene rings is 2. The number of aromatic hydroxyl groups is 2. The van der Waals surface area contributed by atoms with Crippen LogP contribution in [-0.2, 0) is 0 Å². The molecule has 0 fully saturated rings. The molecule has 2 nitrogen and oxygen atoms in total. The van der Waals surface area contributed by atoms with Crippen molar-refractivity contribution in [1.29, 1.82) is 0 Å². The standard InChI is InChI=1S/C21H22O2/c1-3-4-20-18-8-7-17(23)10-19(18)13(2)21(20)11-14-5-6-16(22)9-15(14)12-21/h5-13,20,22-23H,3-4H2,1-2H3. The van der Waals surface area contributed by atoms with E-state index < -0.39 is 0 Å². The van der Waals surface area contributed by atoms with Gasteiger partial charge in [-0.25, -0.2) is 0 Å². The van der Waals surface area contributed by atoms with E-state index in [2.05, 4.69) is 32.1 Å². The van der Waals surface area contributed by atoms with Crippen LogP contribution in [0.15, 0.2) is 36.4 Å². The normalized spacial score (nSPS) is 27.4. The smallest absolute Gasteiger partial charge is 0.116 e. The molecule has 0 amide bonds. The molecule has 2 heteroatoms. The topological polar surface area (TPSA) is 40.5 Å². The van der Waals surface area contributed by atoms with Gasteiger partial charge in [0.1, 0.15) is 11.5 Å². The summed E-state index contributed by atoms with van der Waals surface area (Å²) < 4.78 is 0. The molecular formula is C21H22O2. The molecule has 0 aliphatic heterocycles. The highest BCUT2D eigenvalue weighted by Crippen LogP contribution is 2.60. The van der Waals surface area contributed by atoms with Crippen LogP contribution in [-0.4, -0.2) is 10.2 Å². The molecule has 1 spiro atoms. The van der Waals surface area contributed by atoms with Crippen LogP contribution < -0.4 is 10.4 Å². The SMILES string of the molecule is CCCC1c2ccc(O)cc2C(C)C12C=c1ccc(O)cc1=C2. The quantitative estimate of drug-likeness (QED) is 0.893. The molecule has 3 unspecified atom stereocenters. The van der Waals surface area contributed by atoms with E-state index in [-0.39, 0.29) is 5.41 Å². The monoisotopic (exact) mass is 306 g/mol. The van der Waals surface area contributed by atoms with Crippen molar-refractivity contribution in [1.82, 2.24) is 0 Å². The number of fused-ring (bicyclic) bond motifs is 2. The molecule has 0 aromatic heterocycles. The van der Waals surface area contributed by atoms with E-state index in [1.807, 2.05) is 18.2 Å². The number of rotatable bonds is 2. The van der Waals surface area contributed by atoms with Crippen LogP contribution in [0.1, 0.15) is 49.7 Å². The first-order valence-electron chi connectivity index (χ1n) is 8.43. The first kappa shape index (κ1) is 14.4. The number of phenolic OH excluding ortho intramolecular Hbond substituents is 2. The van der Waals surface area contributed by atoms with Gasteiger partial charge < -0.3 is 10.2 Å².